The zero-order valence-electron chi connectivity index (χ0n) is 39.9. The molecule has 0 radical (unpaired) electrons. The fourth-order valence-electron chi connectivity index (χ4n) is 9.86. The van der Waals surface area contributed by atoms with E-state index in [-0.39, 0.29) is 21.7 Å². The van der Waals surface area contributed by atoms with Gasteiger partial charge in [0.05, 0.1) is 22.4 Å². The van der Waals surface area contributed by atoms with E-state index in [0.29, 0.717) is 0 Å². The molecule has 320 valence electrons. The van der Waals surface area contributed by atoms with Gasteiger partial charge >= 0.3 is 0 Å². The summed E-state index contributed by atoms with van der Waals surface area (Å²) < 4.78 is 2.53. The van der Waals surface area contributed by atoms with Crippen LogP contribution in [0.1, 0.15) is 105 Å². The van der Waals surface area contributed by atoms with Crippen molar-refractivity contribution in [3.63, 3.8) is 0 Å². The predicted octanol–water partition coefficient (Wildman–Crippen LogP) is 18.0. The van der Waals surface area contributed by atoms with Crippen molar-refractivity contribution in [2.75, 3.05) is 4.90 Å². The van der Waals surface area contributed by atoms with Crippen LogP contribution in [0.2, 0.25) is 0 Å². The Morgan fingerprint density at radius 2 is 0.844 bits per heavy atom. The molecule has 64 heavy (non-hydrogen) atoms. The molecule has 10 rings (SSSR count). The molecule has 0 N–H and O–H groups in total. The maximum absolute atomic E-state index is 2.53. The number of aromatic nitrogens is 1. The molecule has 0 saturated carbocycles. The third-order valence-electron chi connectivity index (χ3n) is 13.7. The monoisotopic (exact) mass is 834 g/mol. The molecule has 0 bridgehead atoms. The molecule has 0 spiro atoms. The minimum absolute atomic E-state index is 0.0358. The van der Waals surface area contributed by atoms with E-state index in [1.807, 2.05) is 0 Å². The standard InChI is InChI=1S/C62H62N2/c1-59(2,3)43-25-31-55-51(37-43)52-38-44(60(4,5)6)26-32-56(52)64(55)54-30-24-41-21-27-49-53(29-23-40-22-28-50(54)58(41)57(40)49)63(47-20-16-19-42(33-47)39-17-14-13-15-18-39)48-35-45(61(7,8)9)34-46(36-48)62(10,11)12/h13-38H,1-12H3. The molecule has 2 heteroatoms. The normalized spacial score (nSPS) is 13.0. The smallest absolute Gasteiger partial charge is 0.0541 e. The summed E-state index contributed by atoms with van der Waals surface area (Å²) in [5, 5.41) is 10.2. The molecule has 10 aromatic rings. The molecule has 0 atom stereocenters. The average molecular weight is 835 g/mol. The van der Waals surface area contributed by atoms with Crippen molar-refractivity contribution in [1.29, 1.82) is 0 Å². The van der Waals surface area contributed by atoms with Gasteiger partial charge in [-0.3, -0.25) is 0 Å². The Bertz CT molecular complexity index is 3300. The fraction of sp³-hybridized carbons (Fsp3) is 0.258. The van der Waals surface area contributed by atoms with Crippen LogP contribution in [0.5, 0.6) is 0 Å². The lowest BCUT2D eigenvalue weighted by Crippen LogP contribution is -2.19. The van der Waals surface area contributed by atoms with Crippen LogP contribution in [0.3, 0.4) is 0 Å². The molecule has 0 aliphatic heterocycles. The van der Waals surface area contributed by atoms with E-state index in [4.69, 9.17) is 0 Å². The van der Waals surface area contributed by atoms with Gasteiger partial charge in [0.1, 0.15) is 0 Å². The van der Waals surface area contributed by atoms with E-state index in [1.165, 1.54) is 105 Å². The summed E-state index contributed by atoms with van der Waals surface area (Å²) >= 11 is 0. The minimum Gasteiger partial charge on any atom is -0.310 e. The Morgan fingerprint density at radius 3 is 1.41 bits per heavy atom. The van der Waals surface area contributed by atoms with E-state index in [1.54, 1.807) is 0 Å². The third kappa shape index (κ3) is 7.03. The van der Waals surface area contributed by atoms with Crippen LogP contribution in [0.4, 0.5) is 17.1 Å². The van der Waals surface area contributed by atoms with Crippen molar-refractivity contribution in [3.8, 4) is 16.8 Å². The first-order valence-corrected chi connectivity index (χ1v) is 23.2. The van der Waals surface area contributed by atoms with E-state index in [0.717, 1.165) is 5.69 Å². The van der Waals surface area contributed by atoms with Crippen LogP contribution >= 0.6 is 0 Å². The van der Waals surface area contributed by atoms with Crippen molar-refractivity contribution < 1.29 is 0 Å². The van der Waals surface area contributed by atoms with Crippen molar-refractivity contribution >= 4 is 71.2 Å². The number of benzene rings is 9. The van der Waals surface area contributed by atoms with Crippen molar-refractivity contribution in [2.45, 2.75) is 105 Å². The first kappa shape index (κ1) is 41.6. The van der Waals surface area contributed by atoms with E-state index in [2.05, 4.69) is 250 Å². The molecule has 0 unspecified atom stereocenters. The second kappa shape index (κ2) is 14.6. The Balaban J connectivity index is 1.26. The van der Waals surface area contributed by atoms with Gasteiger partial charge in [-0.2, -0.15) is 0 Å². The van der Waals surface area contributed by atoms with Crippen molar-refractivity contribution in [3.05, 3.63) is 180 Å². The molecule has 0 fully saturated rings. The molecule has 1 aromatic heterocycles. The zero-order chi connectivity index (χ0) is 45.1. The van der Waals surface area contributed by atoms with Gasteiger partial charge < -0.3 is 9.47 Å². The Labute approximate surface area is 380 Å². The highest BCUT2D eigenvalue weighted by Crippen LogP contribution is 2.48. The SMILES string of the molecule is CC(C)(C)c1cc(N(c2cccc(-c3ccccc3)c2)c2ccc3ccc4c(-n5c6ccc(C(C)(C)C)cc6c6cc(C(C)(C)C)ccc65)ccc5ccc2c3c54)cc(C(C)(C)C)c1. The Kier molecular flexibility index (Phi) is 9.48. The minimum atomic E-state index is -0.0396. The summed E-state index contributed by atoms with van der Waals surface area (Å²) in [6, 6.07) is 60.3. The Hall–Kier alpha value is -6.38. The third-order valence-corrected chi connectivity index (χ3v) is 13.7. The maximum atomic E-state index is 2.53. The van der Waals surface area contributed by atoms with Crippen molar-refractivity contribution in [2.24, 2.45) is 0 Å². The highest BCUT2D eigenvalue weighted by Gasteiger charge is 2.27. The largest absolute Gasteiger partial charge is 0.310 e. The fourth-order valence-corrected chi connectivity index (χ4v) is 9.86. The number of hydrogen-bond acceptors (Lipinski definition) is 1. The van der Waals surface area contributed by atoms with Gasteiger partial charge in [0.25, 0.3) is 0 Å². The number of nitrogens with zero attached hydrogens (tertiary/aromatic N) is 2. The van der Waals surface area contributed by atoms with Gasteiger partial charge in [-0.25, -0.2) is 0 Å². The number of hydrogen-bond donors (Lipinski definition) is 0. The van der Waals surface area contributed by atoms with E-state index in [9.17, 15) is 0 Å². The van der Waals surface area contributed by atoms with Crippen LogP contribution in [0.25, 0.3) is 70.9 Å². The lowest BCUT2D eigenvalue weighted by Gasteiger charge is -2.32. The van der Waals surface area contributed by atoms with E-state index < -0.39 is 0 Å². The molecule has 2 nitrogen and oxygen atoms in total. The lowest BCUT2D eigenvalue weighted by molar-refractivity contribution is 0.569. The summed E-state index contributed by atoms with van der Waals surface area (Å²) in [6.45, 7) is 27.9. The second-order valence-electron chi connectivity index (χ2n) is 22.4. The maximum Gasteiger partial charge on any atom is 0.0541 e. The summed E-state index contributed by atoms with van der Waals surface area (Å²) in [7, 11) is 0. The highest BCUT2D eigenvalue weighted by molar-refractivity contribution is 6.27. The summed E-state index contributed by atoms with van der Waals surface area (Å²) in [5.74, 6) is 0. The summed E-state index contributed by atoms with van der Waals surface area (Å²) in [5.41, 5.74) is 14.9. The van der Waals surface area contributed by atoms with Gasteiger partial charge in [-0.1, -0.05) is 180 Å². The molecular formula is C62H62N2. The van der Waals surface area contributed by atoms with Crippen molar-refractivity contribution in [1.82, 2.24) is 4.57 Å². The highest BCUT2D eigenvalue weighted by atomic mass is 15.1. The molecular weight excluding hydrogens is 773 g/mol. The van der Waals surface area contributed by atoms with Crippen LogP contribution < -0.4 is 4.90 Å². The van der Waals surface area contributed by atoms with Crippen LogP contribution in [-0.2, 0) is 21.7 Å². The van der Waals surface area contributed by atoms with Gasteiger partial charge in [0.15, 0.2) is 0 Å². The molecule has 0 aliphatic rings. The van der Waals surface area contributed by atoms with Crippen LogP contribution in [0.15, 0.2) is 158 Å². The molecule has 0 saturated heterocycles. The van der Waals surface area contributed by atoms with Gasteiger partial charge in [0, 0.05) is 32.9 Å². The number of rotatable bonds is 5. The molecule has 9 aromatic carbocycles. The first-order valence-electron chi connectivity index (χ1n) is 23.2. The quantitative estimate of drug-likeness (QED) is 0.157. The van der Waals surface area contributed by atoms with Crippen LogP contribution in [0, 0.1) is 0 Å². The Morgan fingerprint density at radius 1 is 0.344 bits per heavy atom. The topological polar surface area (TPSA) is 8.17 Å². The lowest BCUT2D eigenvalue weighted by atomic mass is 9.80. The van der Waals surface area contributed by atoms with Crippen LogP contribution in [-0.4, -0.2) is 4.57 Å². The molecule has 0 amide bonds. The average Bonchev–Trinajstić information content (AvgIpc) is 3.58. The van der Waals surface area contributed by atoms with Gasteiger partial charge in [-0.15, -0.1) is 0 Å². The first-order chi connectivity index (χ1) is 30.3. The second-order valence-corrected chi connectivity index (χ2v) is 22.4. The van der Waals surface area contributed by atoms with E-state index >= 15 is 0 Å². The van der Waals surface area contributed by atoms with Gasteiger partial charge in [-0.05, 0) is 137 Å². The van der Waals surface area contributed by atoms with Gasteiger partial charge in [0.2, 0.25) is 0 Å². The molecule has 0 aliphatic carbocycles. The predicted molar refractivity (Wildman–Crippen MR) is 279 cm³/mol. The molecule has 1 heterocycles. The summed E-state index contributed by atoms with van der Waals surface area (Å²) in [6.07, 6.45) is 0. The zero-order valence-corrected chi connectivity index (χ0v) is 39.9. The summed E-state index contributed by atoms with van der Waals surface area (Å²) in [4.78, 5) is 2.52. The number of fused-ring (bicyclic) bond motifs is 3. The number of anilines is 3.